The Balaban J connectivity index is 1.87. The normalized spacial score (nSPS) is 11.7. The first-order valence-electron chi connectivity index (χ1n) is 11.9. The molecule has 10 nitrogen and oxygen atoms in total. The number of hydrogen-bond acceptors (Lipinski definition) is 8. The van der Waals surface area contributed by atoms with Gasteiger partial charge >= 0.3 is 0 Å². The molecule has 0 radical (unpaired) electrons. The Hall–Kier alpha value is -4.36. The average Bonchev–Trinajstić information content (AvgIpc) is 2.94. The molecule has 0 amide bonds. The number of ether oxygens (including phenoxy) is 1. The number of nitrogens with zero attached hydrogens (tertiary/aromatic N) is 3. The van der Waals surface area contributed by atoms with Crippen molar-refractivity contribution in [1.29, 1.82) is 0 Å². The number of benzene rings is 3. The number of carbonyl (C=O) groups is 2. The van der Waals surface area contributed by atoms with Crippen LogP contribution in [0.1, 0.15) is 24.2 Å². The van der Waals surface area contributed by atoms with Crippen molar-refractivity contribution in [2.24, 2.45) is 0 Å². The minimum Gasteiger partial charge on any atom is -0.445 e. The second-order valence-electron chi connectivity index (χ2n) is 8.46. The number of Topliss-reactive ketones (excluding diaryl/α,β-unsaturated/α-hetero) is 1. The van der Waals surface area contributed by atoms with Crippen LogP contribution in [0.2, 0.25) is 0 Å². The Morgan fingerprint density at radius 3 is 1.98 bits per heavy atom. The molecule has 1 aromatic heterocycles. The molecule has 3 aromatic carbocycles. The summed E-state index contributed by atoms with van der Waals surface area (Å²) >= 11 is 0. The molecule has 1 heterocycles. The lowest BCUT2D eigenvalue weighted by Crippen LogP contribution is -2.35. The SMILES string of the molecule is CCN(c1cnc(N(COC=O)S(=O)(=O)c2ccc(F)cc2)c2ccccc12)S(=O)(=O)c1ccc(C(C)=O)cc1. The van der Waals surface area contributed by atoms with Gasteiger partial charge in [-0.25, -0.2) is 30.5 Å². The molecule has 0 saturated carbocycles. The van der Waals surface area contributed by atoms with E-state index in [1.165, 1.54) is 37.4 Å². The molecule has 0 unspecified atom stereocenters. The number of anilines is 2. The number of hydrogen-bond donors (Lipinski definition) is 0. The van der Waals surface area contributed by atoms with E-state index in [9.17, 15) is 30.8 Å². The average molecular weight is 586 g/mol. The molecular formula is C27H24FN3O7S2. The Labute approximate surface area is 230 Å². The molecule has 0 spiro atoms. The van der Waals surface area contributed by atoms with Gasteiger partial charge in [-0.3, -0.25) is 13.9 Å². The highest BCUT2D eigenvalue weighted by Gasteiger charge is 2.31. The van der Waals surface area contributed by atoms with Gasteiger partial charge in [0.25, 0.3) is 26.5 Å². The molecule has 0 fully saturated rings. The standard InChI is InChI=1S/C27H24FN3O7S2/c1-3-30(39(34,35)22-12-8-20(9-13-22)19(2)33)26-16-29-27(25-7-5-4-6-24(25)26)31(17-38-18-32)40(36,37)23-14-10-21(28)11-15-23/h4-16,18H,3,17H2,1-2H3. The lowest BCUT2D eigenvalue weighted by atomic mass is 10.1. The van der Waals surface area contributed by atoms with Crippen molar-refractivity contribution in [3.63, 3.8) is 0 Å². The van der Waals surface area contributed by atoms with Crippen molar-refractivity contribution >= 4 is 54.6 Å². The third-order valence-corrected chi connectivity index (χ3v) is 9.69. The van der Waals surface area contributed by atoms with Gasteiger partial charge < -0.3 is 4.74 Å². The van der Waals surface area contributed by atoms with Crippen LogP contribution in [0.3, 0.4) is 0 Å². The first-order chi connectivity index (χ1) is 19.0. The lowest BCUT2D eigenvalue weighted by molar-refractivity contribution is -0.128. The molecule has 0 aliphatic carbocycles. The first-order valence-corrected chi connectivity index (χ1v) is 14.8. The van der Waals surface area contributed by atoms with Crippen molar-refractivity contribution in [2.45, 2.75) is 23.6 Å². The maximum absolute atomic E-state index is 13.6. The van der Waals surface area contributed by atoms with E-state index in [2.05, 4.69) is 4.98 Å². The summed E-state index contributed by atoms with van der Waals surface area (Å²) in [6, 6.07) is 16.1. The number of carbonyl (C=O) groups excluding carboxylic acids is 2. The Morgan fingerprint density at radius 2 is 1.43 bits per heavy atom. The number of sulfonamides is 2. The number of halogens is 1. The molecular weight excluding hydrogens is 561 g/mol. The molecule has 4 aromatic rings. The van der Waals surface area contributed by atoms with E-state index in [1.54, 1.807) is 31.2 Å². The summed E-state index contributed by atoms with van der Waals surface area (Å²) in [5.41, 5.74) is 0.534. The lowest BCUT2D eigenvalue weighted by Gasteiger charge is -2.27. The molecule has 0 N–H and O–H groups in total. The van der Waals surface area contributed by atoms with Crippen molar-refractivity contribution < 1.29 is 35.6 Å². The van der Waals surface area contributed by atoms with E-state index in [0.29, 0.717) is 10.9 Å². The molecule has 0 saturated heterocycles. The quantitative estimate of drug-likeness (QED) is 0.146. The summed E-state index contributed by atoms with van der Waals surface area (Å²) in [5.74, 6) is -0.982. The highest BCUT2D eigenvalue weighted by Crippen LogP contribution is 2.36. The van der Waals surface area contributed by atoms with Gasteiger partial charge in [0.2, 0.25) is 0 Å². The van der Waals surface area contributed by atoms with Gasteiger partial charge in [0.1, 0.15) is 5.82 Å². The van der Waals surface area contributed by atoms with Crippen LogP contribution < -0.4 is 8.61 Å². The van der Waals surface area contributed by atoms with E-state index in [1.807, 2.05) is 0 Å². The maximum atomic E-state index is 13.6. The molecule has 13 heteroatoms. The van der Waals surface area contributed by atoms with Gasteiger partial charge in [0.15, 0.2) is 18.3 Å². The molecule has 40 heavy (non-hydrogen) atoms. The summed E-state index contributed by atoms with van der Waals surface area (Å²) in [5, 5.41) is 0.601. The minimum absolute atomic E-state index is 0.00760. The van der Waals surface area contributed by atoms with E-state index >= 15 is 0 Å². The van der Waals surface area contributed by atoms with Gasteiger partial charge in [0.05, 0.1) is 21.7 Å². The van der Waals surface area contributed by atoms with Gasteiger partial charge in [-0.05, 0) is 50.2 Å². The monoisotopic (exact) mass is 585 g/mol. The second kappa shape index (κ2) is 11.4. The zero-order valence-electron chi connectivity index (χ0n) is 21.4. The smallest absolute Gasteiger partial charge is 0.294 e. The highest BCUT2D eigenvalue weighted by molar-refractivity contribution is 7.93. The fraction of sp³-hybridized carbons (Fsp3) is 0.148. The van der Waals surface area contributed by atoms with E-state index in [0.717, 1.165) is 32.9 Å². The fourth-order valence-electron chi connectivity index (χ4n) is 4.10. The predicted octanol–water partition coefficient (Wildman–Crippen LogP) is 4.12. The van der Waals surface area contributed by atoms with Crippen LogP contribution in [0.4, 0.5) is 15.9 Å². The Morgan fingerprint density at radius 1 is 0.875 bits per heavy atom. The number of ketones is 1. The van der Waals surface area contributed by atoms with Crippen LogP contribution in [0, 0.1) is 5.82 Å². The minimum atomic E-state index is -4.39. The predicted molar refractivity (Wildman–Crippen MR) is 146 cm³/mol. The largest absolute Gasteiger partial charge is 0.445 e. The summed E-state index contributed by atoms with van der Waals surface area (Å²) in [4.78, 5) is 26.6. The van der Waals surface area contributed by atoms with Crippen LogP contribution in [0.15, 0.2) is 88.8 Å². The molecule has 0 bridgehead atoms. The van der Waals surface area contributed by atoms with Crippen molar-refractivity contribution in [2.75, 3.05) is 21.9 Å². The summed E-state index contributed by atoms with van der Waals surface area (Å²) in [6.07, 6.45) is 1.22. The number of pyridine rings is 1. The Bertz CT molecular complexity index is 1780. The van der Waals surface area contributed by atoms with Crippen LogP contribution in [0.25, 0.3) is 10.8 Å². The third kappa shape index (κ3) is 5.38. The first kappa shape index (κ1) is 28.6. The zero-order chi connectivity index (χ0) is 29.1. The van der Waals surface area contributed by atoms with Gasteiger partial charge in [-0.1, -0.05) is 36.4 Å². The van der Waals surface area contributed by atoms with Crippen LogP contribution in [0.5, 0.6) is 0 Å². The number of aromatic nitrogens is 1. The van der Waals surface area contributed by atoms with E-state index < -0.39 is 32.6 Å². The summed E-state index contributed by atoms with van der Waals surface area (Å²) in [6.45, 7) is 2.35. The van der Waals surface area contributed by atoms with Gasteiger partial charge in [-0.2, -0.15) is 0 Å². The van der Waals surface area contributed by atoms with Crippen LogP contribution >= 0.6 is 0 Å². The fourth-order valence-corrected chi connectivity index (χ4v) is 6.88. The summed E-state index contributed by atoms with van der Waals surface area (Å²) in [7, 11) is -8.51. The molecule has 0 atom stereocenters. The van der Waals surface area contributed by atoms with Crippen molar-refractivity contribution in [3.05, 3.63) is 90.4 Å². The maximum Gasteiger partial charge on any atom is 0.294 e. The van der Waals surface area contributed by atoms with E-state index in [4.69, 9.17) is 4.74 Å². The van der Waals surface area contributed by atoms with Crippen molar-refractivity contribution in [3.8, 4) is 0 Å². The third-order valence-electron chi connectivity index (χ3n) is 6.06. The Kier molecular flexibility index (Phi) is 8.16. The van der Waals surface area contributed by atoms with E-state index in [-0.39, 0.29) is 45.5 Å². The number of rotatable bonds is 11. The van der Waals surface area contributed by atoms with Crippen molar-refractivity contribution in [1.82, 2.24) is 4.98 Å². The highest BCUT2D eigenvalue weighted by atomic mass is 32.2. The van der Waals surface area contributed by atoms with Gasteiger partial charge in [-0.15, -0.1) is 0 Å². The topological polar surface area (TPSA) is 131 Å². The second-order valence-corrected chi connectivity index (χ2v) is 12.2. The molecule has 0 aliphatic heterocycles. The number of fused-ring (bicyclic) bond motifs is 1. The zero-order valence-corrected chi connectivity index (χ0v) is 23.0. The molecule has 208 valence electrons. The van der Waals surface area contributed by atoms with Crippen LogP contribution in [-0.4, -0.2) is 47.4 Å². The summed E-state index contributed by atoms with van der Waals surface area (Å²) < 4.78 is 74.5. The molecule has 0 aliphatic rings. The molecule has 4 rings (SSSR count). The van der Waals surface area contributed by atoms with Gasteiger partial charge in [0, 0.05) is 22.9 Å². The van der Waals surface area contributed by atoms with Crippen LogP contribution in [-0.2, 0) is 29.6 Å².